The van der Waals surface area contributed by atoms with Crippen LogP contribution in [0, 0.1) is 5.92 Å². The van der Waals surface area contributed by atoms with Gasteiger partial charge in [-0.2, -0.15) is 0 Å². The van der Waals surface area contributed by atoms with Gasteiger partial charge in [0, 0.05) is 5.92 Å². The molecule has 0 aromatic carbocycles. The van der Waals surface area contributed by atoms with E-state index in [9.17, 15) is 30.0 Å². The van der Waals surface area contributed by atoms with E-state index in [0.29, 0.717) is 0 Å². The second-order valence-corrected chi connectivity index (χ2v) is 6.34. The molecule has 0 amide bonds. The van der Waals surface area contributed by atoms with Crippen LogP contribution in [-0.2, 0) is 33.3 Å². The Balaban J connectivity index is 2.14. The van der Waals surface area contributed by atoms with Crippen molar-refractivity contribution in [3.8, 4) is 0 Å². The summed E-state index contributed by atoms with van der Waals surface area (Å²) in [7, 11) is 0. The topological polar surface area (TPSA) is 161 Å². The fourth-order valence-electron chi connectivity index (χ4n) is 2.97. The molecule has 0 spiro atoms. The monoisotopic (exact) mass is 380 g/mol. The maximum Gasteiger partial charge on any atom is 0.295 e. The Morgan fingerprint density at radius 2 is 1.58 bits per heavy atom. The Kier molecular flexibility index (Phi) is 7.29. The molecule has 0 aromatic heterocycles. The van der Waals surface area contributed by atoms with Gasteiger partial charge in [-0.3, -0.25) is 9.59 Å². The Hall–Kier alpha value is -1.34. The highest BCUT2D eigenvalue weighted by Gasteiger charge is 2.50. The molecule has 11 nitrogen and oxygen atoms in total. The van der Waals surface area contributed by atoms with Crippen molar-refractivity contribution in [2.45, 2.75) is 69.2 Å². The molecule has 2 rings (SSSR count). The molecular weight excluding hydrogens is 356 g/mol. The van der Waals surface area contributed by atoms with Crippen LogP contribution in [0.5, 0.6) is 0 Å². The van der Waals surface area contributed by atoms with Gasteiger partial charge < -0.3 is 44.1 Å². The van der Waals surface area contributed by atoms with Gasteiger partial charge in [-0.25, -0.2) is 0 Å². The maximum absolute atomic E-state index is 10.7. The van der Waals surface area contributed by atoms with Crippen LogP contribution < -0.4 is 0 Å². The van der Waals surface area contributed by atoms with Crippen molar-refractivity contribution < 1.29 is 53.7 Å². The molecule has 11 heteroatoms. The highest BCUT2D eigenvalue weighted by atomic mass is 16.8. The van der Waals surface area contributed by atoms with E-state index in [1.807, 2.05) is 0 Å². The van der Waals surface area contributed by atoms with E-state index in [2.05, 4.69) is 4.74 Å². The highest BCUT2D eigenvalue weighted by Crippen LogP contribution is 2.31. The molecule has 10 unspecified atom stereocenters. The number of aliphatic hydroxyl groups excluding tert-OH is 4. The lowest BCUT2D eigenvalue weighted by atomic mass is 9.91. The Labute approximate surface area is 149 Å². The van der Waals surface area contributed by atoms with Crippen molar-refractivity contribution in [1.29, 1.82) is 0 Å². The molecule has 10 atom stereocenters. The highest BCUT2D eigenvalue weighted by molar-refractivity contribution is 5.37. The van der Waals surface area contributed by atoms with Gasteiger partial charge in [-0.15, -0.1) is 0 Å². The summed E-state index contributed by atoms with van der Waals surface area (Å²) in [6.45, 7) is 3.18. The van der Waals surface area contributed by atoms with Crippen LogP contribution >= 0.6 is 0 Å². The van der Waals surface area contributed by atoms with E-state index in [1.54, 1.807) is 6.92 Å². The Morgan fingerprint density at radius 3 is 2.19 bits per heavy atom. The molecule has 2 aliphatic heterocycles. The molecule has 0 aromatic rings. The maximum atomic E-state index is 10.7. The van der Waals surface area contributed by atoms with Crippen molar-refractivity contribution >= 4 is 12.9 Å². The third-order valence-corrected chi connectivity index (χ3v) is 4.66. The van der Waals surface area contributed by atoms with Crippen LogP contribution in [0.25, 0.3) is 0 Å². The summed E-state index contributed by atoms with van der Waals surface area (Å²) in [5.74, 6) is -0.579. The summed E-state index contributed by atoms with van der Waals surface area (Å²) < 4.78 is 25.6. The lowest BCUT2D eigenvalue weighted by Gasteiger charge is -2.45. The molecule has 0 aliphatic carbocycles. The molecule has 26 heavy (non-hydrogen) atoms. The van der Waals surface area contributed by atoms with Crippen molar-refractivity contribution in [1.82, 2.24) is 0 Å². The number of hydrogen-bond donors (Lipinski definition) is 4. The summed E-state index contributed by atoms with van der Waals surface area (Å²) in [4.78, 5) is 21.0. The summed E-state index contributed by atoms with van der Waals surface area (Å²) in [5, 5.41) is 40.5. The molecule has 2 fully saturated rings. The van der Waals surface area contributed by atoms with E-state index in [0.717, 1.165) is 0 Å². The van der Waals surface area contributed by atoms with Gasteiger partial charge in [0.1, 0.15) is 24.9 Å². The number of aliphatic hydroxyl groups is 4. The summed E-state index contributed by atoms with van der Waals surface area (Å²) in [6.07, 6.45) is -11.5. The third kappa shape index (κ3) is 4.31. The normalized spacial score (nSPS) is 46.4. The minimum atomic E-state index is -1.51. The lowest BCUT2D eigenvalue weighted by molar-refractivity contribution is -0.354. The predicted molar refractivity (Wildman–Crippen MR) is 80.2 cm³/mol. The zero-order valence-electron chi connectivity index (χ0n) is 14.3. The first-order valence-corrected chi connectivity index (χ1v) is 8.14. The first kappa shape index (κ1) is 21.0. The van der Waals surface area contributed by atoms with Gasteiger partial charge in [0.25, 0.3) is 12.9 Å². The number of carbonyl (C=O) groups is 2. The van der Waals surface area contributed by atoms with Crippen LogP contribution in [0.2, 0.25) is 0 Å². The van der Waals surface area contributed by atoms with Crippen LogP contribution in [0.1, 0.15) is 13.8 Å². The fraction of sp³-hybridized carbons (Fsp3) is 0.867. The van der Waals surface area contributed by atoms with Crippen molar-refractivity contribution in [3.05, 3.63) is 0 Å². The summed E-state index contributed by atoms with van der Waals surface area (Å²) in [5.41, 5.74) is 0. The number of ether oxygens (including phenoxy) is 5. The molecule has 0 radical (unpaired) electrons. The summed E-state index contributed by atoms with van der Waals surface area (Å²) >= 11 is 0. The fourth-order valence-corrected chi connectivity index (χ4v) is 2.97. The third-order valence-electron chi connectivity index (χ3n) is 4.66. The zero-order valence-corrected chi connectivity index (χ0v) is 14.3. The van der Waals surface area contributed by atoms with Crippen molar-refractivity contribution in [3.63, 3.8) is 0 Å². The minimum absolute atomic E-state index is 0.0912. The second kappa shape index (κ2) is 9.04. The lowest BCUT2D eigenvalue weighted by Crippen LogP contribution is -2.62. The smallest absolute Gasteiger partial charge is 0.295 e. The number of rotatable bonds is 7. The minimum Gasteiger partial charge on any atom is -0.465 e. The van der Waals surface area contributed by atoms with E-state index >= 15 is 0 Å². The largest absolute Gasteiger partial charge is 0.465 e. The average molecular weight is 380 g/mol. The molecule has 2 aliphatic rings. The van der Waals surface area contributed by atoms with Gasteiger partial charge in [-0.1, -0.05) is 6.92 Å². The number of hydrogen-bond acceptors (Lipinski definition) is 11. The Bertz CT molecular complexity index is 475. The zero-order chi connectivity index (χ0) is 19.4. The molecule has 150 valence electrons. The quantitative estimate of drug-likeness (QED) is 0.339. The summed E-state index contributed by atoms with van der Waals surface area (Å²) in [6, 6.07) is 0. The second-order valence-electron chi connectivity index (χ2n) is 6.34. The average Bonchev–Trinajstić information content (AvgIpc) is 2.62. The first-order valence-electron chi connectivity index (χ1n) is 8.14. The van der Waals surface area contributed by atoms with Gasteiger partial charge in [0.15, 0.2) is 12.4 Å². The molecule has 2 heterocycles. The van der Waals surface area contributed by atoms with Crippen LogP contribution in [0.15, 0.2) is 0 Å². The van der Waals surface area contributed by atoms with Gasteiger partial charge in [-0.05, 0) is 6.92 Å². The molecule has 0 bridgehead atoms. The van der Waals surface area contributed by atoms with Crippen molar-refractivity contribution in [2.75, 3.05) is 6.61 Å². The molecule has 0 saturated carbocycles. The predicted octanol–water partition coefficient (Wildman–Crippen LogP) is -2.73. The van der Waals surface area contributed by atoms with Gasteiger partial charge in [0.05, 0.1) is 18.3 Å². The first-order chi connectivity index (χ1) is 12.3. The van der Waals surface area contributed by atoms with E-state index in [1.165, 1.54) is 6.92 Å². The van der Waals surface area contributed by atoms with Crippen LogP contribution in [0.4, 0.5) is 0 Å². The molecule has 2 saturated heterocycles. The van der Waals surface area contributed by atoms with Crippen molar-refractivity contribution in [2.24, 2.45) is 5.92 Å². The number of carbonyl (C=O) groups excluding carboxylic acids is 2. The Morgan fingerprint density at radius 1 is 0.885 bits per heavy atom. The van der Waals surface area contributed by atoms with E-state index in [-0.39, 0.29) is 19.6 Å². The molecular formula is C15H24O11. The van der Waals surface area contributed by atoms with Gasteiger partial charge in [0.2, 0.25) is 6.29 Å². The van der Waals surface area contributed by atoms with Crippen LogP contribution in [-0.4, -0.2) is 95.3 Å². The van der Waals surface area contributed by atoms with Gasteiger partial charge >= 0.3 is 0 Å². The van der Waals surface area contributed by atoms with E-state index < -0.39 is 61.2 Å². The molecule has 4 N–H and O–H groups in total. The van der Waals surface area contributed by atoms with Crippen LogP contribution in [0.3, 0.4) is 0 Å². The SMILES string of the molecule is CC1OC(OC=O)C(OC2OC(COC=O)C(C)C(O)C2O)C(O)C1O. The standard InChI is InChI=1S/C15H24O11/c1-6-8(3-22-4-16)25-14(12(21)9(6)18)26-13-11(20)10(19)7(2)24-15(13)23-5-17/h4-15,18-21H,3H2,1-2H3. The van der Waals surface area contributed by atoms with E-state index in [4.69, 9.17) is 18.9 Å².